The third-order valence-corrected chi connectivity index (χ3v) is 5.88. The zero-order chi connectivity index (χ0) is 23.4. The van der Waals surface area contributed by atoms with Crippen molar-refractivity contribution in [2.75, 3.05) is 6.61 Å². The third kappa shape index (κ3) is 4.70. The molecule has 0 aliphatic heterocycles. The van der Waals surface area contributed by atoms with E-state index in [0.717, 1.165) is 53.2 Å². The van der Waals surface area contributed by atoms with Gasteiger partial charge in [-0.2, -0.15) is 0 Å². The number of fused-ring (bicyclic) bond motifs is 3. The minimum absolute atomic E-state index is 0.392. The number of ether oxygens (including phenoxy) is 1. The highest BCUT2D eigenvalue weighted by Crippen LogP contribution is 2.39. The predicted molar refractivity (Wildman–Crippen MR) is 130 cm³/mol. The summed E-state index contributed by atoms with van der Waals surface area (Å²) in [5.74, 6) is -1.12. The summed E-state index contributed by atoms with van der Waals surface area (Å²) in [4.78, 5) is 23.6. The summed E-state index contributed by atoms with van der Waals surface area (Å²) < 4.78 is 7.93. The van der Waals surface area contributed by atoms with Gasteiger partial charge >= 0.3 is 5.97 Å². The monoisotopic (exact) mass is 444 g/mol. The molecule has 0 atom stereocenters. The van der Waals surface area contributed by atoms with Gasteiger partial charge in [0.1, 0.15) is 5.75 Å². The number of hydrogen-bond acceptors (Lipinski definition) is 3. The molecule has 6 heteroatoms. The van der Waals surface area contributed by atoms with Crippen molar-refractivity contribution >= 4 is 33.7 Å². The van der Waals surface area contributed by atoms with Crippen molar-refractivity contribution in [1.29, 1.82) is 0 Å². The van der Waals surface area contributed by atoms with Gasteiger partial charge in [0.15, 0.2) is 6.61 Å². The number of carbonyl (C=O) groups is 2. The van der Waals surface area contributed by atoms with Crippen molar-refractivity contribution in [3.05, 3.63) is 77.4 Å². The number of rotatable bonds is 10. The molecule has 1 heterocycles. The van der Waals surface area contributed by atoms with Gasteiger partial charge in [-0.05, 0) is 48.2 Å². The molecule has 3 N–H and O–H groups in total. The highest BCUT2D eigenvalue weighted by molar-refractivity contribution is 6.19. The summed E-state index contributed by atoms with van der Waals surface area (Å²) in [5, 5.41) is 10.7. The molecule has 0 unspecified atom stereocenters. The number of amides is 1. The van der Waals surface area contributed by atoms with Gasteiger partial charge in [0.25, 0.3) is 0 Å². The molecular formula is C27H28N2O4. The number of carboxylic acids is 1. The van der Waals surface area contributed by atoms with Gasteiger partial charge in [-0.3, -0.25) is 4.79 Å². The van der Waals surface area contributed by atoms with E-state index in [1.54, 1.807) is 6.07 Å². The Balaban J connectivity index is 2.01. The van der Waals surface area contributed by atoms with Gasteiger partial charge in [-0.25, -0.2) is 4.79 Å². The van der Waals surface area contributed by atoms with Crippen molar-refractivity contribution < 1.29 is 19.4 Å². The van der Waals surface area contributed by atoms with Crippen molar-refractivity contribution in [3.8, 4) is 5.75 Å². The highest BCUT2D eigenvalue weighted by atomic mass is 16.5. The van der Waals surface area contributed by atoms with E-state index < -0.39 is 18.5 Å². The molecule has 1 aromatic heterocycles. The Hall–Kier alpha value is -3.80. The van der Waals surface area contributed by atoms with Gasteiger partial charge < -0.3 is 20.1 Å². The van der Waals surface area contributed by atoms with Crippen LogP contribution in [0.15, 0.2) is 60.7 Å². The number of primary amides is 1. The molecule has 0 aliphatic carbocycles. The molecule has 4 aromatic rings. The normalized spacial score (nSPS) is 11.2. The maximum absolute atomic E-state index is 12.3. The summed E-state index contributed by atoms with van der Waals surface area (Å²) in [7, 11) is 0. The minimum atomic E-state index is -1.05. The van der Waals surface area contributed by atoms with Crippen molar-refractivity contribution in [2.45, 2.75) is 39.2 Å². The smallest absolute Gasteiger partial charge is 0.341 e. The SMILES string of the molecule is CCCCCc1cc(OCC(=O)O)c2c3c(C(N)=O)cccc3n(Cc3ccccc3)c2c1. The van der Waals surface area contributed by atoms with Crippen LogP contribution in [0.5, 0.6) is 5.75 Å². The molecule has 0 saturated carbocycles. The van der Waals surface area contributed by atoms with Crippen molar-refractivity contribution in [2.24, 2.45) is 5.73 Å². The fraction of sp³-hybridized carbons (Fsp3) is 0.259. The molecule has 1 amide bonds. The summed E-state index contributed by atoms with van der Waals surface area (Å²) in [6, 6.07) is 19.6. The average molecular weight is 445 g/mol. The third-order valence-electron chi connectivity index (χ3n) is 5.88. The number of aromatic nitrogens is 1. The predicted octanol–water partition coefficient (Wildman–Crippen LogP) is 5.14. The Morgan fingerprint density at radius 1 is 0.939 bits per heavy atom. The van der Waals surface area contributed by atoms with Crippen LogP contribution in [0.25, 0.3) is 21.8 Å². The molecule has 170 valence electrons. The molecule has 0 fully saturated rings. The number of hydrogen-bond donors (Lipinski definition) is 2. The number of nitrogens with two attached hydrogens (primary N) is 1. The zero-order valence-electron chi connectivity index (χ0n) is 18.7. The highest BCUT2D eigenvalue weighted by Gasteiger charge is 2.21. The van der Waals surface area contributed by atoms with E-state index >= 15 is 0 Å². The van der Waals surface area contributed by atoms with Gasteiger partial charge in [0.05, 0.1) is 16.4 Å². The van der Waals surface area contributed by atoms with Crippen molar-refractivity contribution in [1.82, 2.24) is 4.57 Å². The molecular weight excluding hydrogens is 416 g/mol. The summed E-state index contributed by atoms with van der Waals surface area (Å²) >= 11 is 0. The molecule has 0 saturated heterocycles. The van der Waals surface area contributed by atoms with Gasteiger partial charge in [-0.15, -0.1) is 0 Å². The molecule has 0 bridgehead atoms. The van der Waals surface area contributed by atoms with Crippen LogP contribution in [0.4, 0.5) is 0 Å². The molecule has 0 spiro atoms. The Kier molecular flexibility index (Phi) is 6.63. The molecule has 4 rings (SSSR count). The number of unbranched alkanes of at least 4 members (excludes halogenated alkanes) is 2. The minimum Gasteiger partial charge on any atom is -0.481 e. The van der Waals surface area contributed by atoms with E-state index in [1.807, 2.05) is 36.4 Å². The first-order chi connectivity index (χ1) is 16.0. The van der Waals surface area contributed by atoms with Crippen LogP contribution < -0.4 is 10.5 Å². The van der Waals surface area contributed by atoms with Crippen molar-refractivity contribution in [3.63, 3.8) is 0 Å². The van der Waals surface area contributed by atoms with E-state index in [9.17, 15) is 14.7 Å². The molecule has 6 nitrogen and oxygen atoms in total. The van der Waals surface area contributed by atoms with Crippen LogP contribution in [0.2, 0.25) is 0 Å². The van der Waals surface area contributed by atoms with E-state index in [2.05, 4.69) is 29.7 Å². The Bertz CT molecular complexity index is 1310. The first-order valence-corrected chi connectivity index (χ1v) is 11.3. The first kappa shape index (κ1) is 22.4. The van der Waals surface area contributed by atoms with Crippen LogP contribution >= 0.6 is 0 Å². The number of carbonyl (C=O) groups excluding carboxylic acids is 1. The summed E-state index contributed by atoms with van der Waals surface area (Å²) in [6.45, 7) is 2.30. The Labute approximate surface area is 192 Å². The molecule has 3 aromatic carbocycles. The van der Waals surface area contributed by atoms with Crippen LogP contribution in [-0.4, -0.2) is 28.2 Å². The fourth-order valence-electron chi connectivity index (χ4n) is 4.40. The fourth-order valence-corrected chi connectivity index (χ4v) is 4.40. The number of nitrogens with zero attached hydrogens (tertiary/aromatic N) is 1. The largest absolute Gasteiger partial charge is 0.481 e. The lowest BCUT2D eigenvalue weighted by Gasteiger charge is -2.12. The lowest BCUT2D eigenvalue weighted by Crippen LogP contribution is -2.12. The maximum Gasteiger partial charge on any atom is 0.341 e. The first-order valence-electron chi connectivity index (χ1n) is 11.3. The molecule has 0 aliphatic rings. The van der Waals surface area contributed by atoms with Crippen LogP contribution in [0.3, 0.4) is 0 Å². The second-order valence-corrected chi connectivity index (χ2v) is 8.26. The zero-order valence-corrected chi connectivity index (χ0v) is 18.7. The van der Waals surface area contributed by atoms with Gasteiger partial charge in [0.2, 0.25) is 5.91 Å². The lowest BCUT2D eigenvalue weighted by molar-refractivity contribution is -0.139. The van der Waals surface area contributed by atoms with Crippen LogP contribution in [0, 0.1) is 0 Å². The van der Waals surface area contributed by atoms with Crippen LogP contribution in [0.1, 0.15) is 47.7 Å². The standard InChI is InChI=1S/C27H28N2O4/c1-2-3-5-11-19-14-22-26(23(15-19)33-17-24(30)31)25-20(27(28)32)12-8-13-21(25)29(22)16-18-9-6-4-7-10-18/h4,6-10,12-15H,2-3,5,11,16-17H2,1H3,(H2,28,32)(H,30,31). The number of carboxylic acid groups (broad SMARTS) is 1. The second kappa shape index (κ2) is 9.77. The van der Waals surface area contributed by atoms with E-state index in [1.165, 1.54) is 0 Å². The van der Waals surface area contributed by atoms with Crippen LogP contribution in [-0.2, 0) is 17.8 Å². The van der Waals surface area contributed by atoms with E-state index in [4.69, 9.17) is 10.5 Å². The van der Waals surface area contributed by atoms with Gasteiger partial charge in [0, 0.05) is 17.5 Å². The van der Waals surface area contributed by atoms with Gasteiger partial charge in [-0.1, -0.05) is 56.2 Å². The quantitative estimate of drug-likeness (QED) is 0.331. The summed E-state index contributed by atoms with van der Waals surface area (Å²) in [5.41, 5.74) is 10.1. The topological polar surface area (TPSA) is 94.6 Å². The number of benzene rings is 3. The van der Waals surface area contributed by atoms with E-state index in [-0.39, 0.29) is 0 Å². The average Bonchev–Trinajstić information content (AvgIpc) is 3.12. The number of aryl methyl sites for hydroxylation is 1. The lowest BCUT2D eigenvalue weighted by atomic mass is 10.0. The molecule has 33 heavy (non-hydrogen) atoms. The molecule has 0 radical (unpaired) electrons. The maximum atomic E-state index is 12.3. The Morgan fingerprint density at radius 3 is 2.42 bits per heavy atom. The van der Waals surface area contributed by atoms with E-state index in [0.29, 0.717) is 23.2 Å². The summed E-state index contributed by atoms with van der Waals surface area (Å²) in [6.07, 6.45) is 4.12. The Morgan fingerprint density at radius 2 is 1.73 bits per heavy atom. The second-order valence-electron chi connectivity index (χ2n) is 8.26. The number of aliphatic carboxylic acids is 1.